The first-order valence-electron chi connectivity index (χ1n) is 5.58. The Morgan fingerprint density at radius 2 is 2.28 bits per heavy atom. The van der Waals surface area contributed by atoms with E-state index >= 15 is 0 Å². The lowest BCUT2D eigenvalue weighted by Crippen LogP contribution is -2.23. The number of aromatic nitrogens is 4. The highest BCUT2D eigenvalue weighted by molar-refractivity contribution is 9.10. The molecule has 0 aliphatic carbocycles. The molecule has 0 fully saturated rings. The molecule has 0 saturated heterocycles. The lowest BCUT2D eigenvalue weighted by atomic mass is 10.3. The van der Waals surface area contributed by atoms with Gasteiger partial charge >= 0.3 is 0 Å². The number of aryl methyl sites for hydroxylation is 2. The molecule has 0 aromatic carbocycles. The molecule has 0 aliphatic rings. The topological polar surface area (TPSA) is 64.7 Å². The summed E-state index contributed by atoms with van der Waals surface area (Å²) in [5.74, 6) is -0.202. The first kappa shape index (κ1) is 12.8. The molecule has 1 N–H and O–H groups in total. The fourth-order valence-electron chi connectivity index (χ4n) is 1.55. The van der Waals surface area contributed by atoms with Gasteiger partial charge in [-0.3, -0.25) is 14.2 Å². The molecule has 2 rings (SSSR count). The SMILES string of the molecule is CCn1cc(CNC(=O)c2nn(C)cc2Br)cn1. The van der Waals surface area contributed by atoms with E-state index in [2.05, 4.69) is 31.4 Å². The van der Waals surface area contributed by atoms with Crippen molar-refractivity contribution in [3.63, 3.8) is 0 Å². The van der Waals surface area contributed by atoms with Crippen LogP contribution in [-0.2, 0) is 20.1 Å². The molecule has 0 spiro atoms. The Labute approximate surface area is 113 Å². The fraction of sp³-hybridized carbons (Fsp3) is 0.364. The monoisotopic (exact) mass is 311 g/mol. The van der Waals surface area contributed by atoms with Crippen LogP contribution in [0.25, 0.3) is 0 Å². The Morgan fingerprint density at radius 3 is 2.83 bits per heavy atom. The third-order valence-electron chi connectivity index (χ3n) is 2.46. The molecule has 0 unspecified atom stereocenters. The van der Waals surface area contributed by atoms with E-state index in [1.165, 1.54) is 0 Å². The molecule has 0 radical (unpaired) electrons. The molecule has 7 heteroatoms. The van der Waals surface area contributed by atoms with Gasteiger partial charge < -0.3 is 5.32 Å². The van der Waals surface area contributed by atoms with Crippen molar-refractivity contribution in [1.82, 2.24) is 24.9 Å². The molecule has 18 heavy (non-hydrogen) atoms. The van der Waals surface area contributed by atoms with Gasteiger partial charge in [0.05, 0.1) is 10.7 Å². The van der Waals surface area contributed by atoms with Crippen molar-refractivity contribution in [3.8, 4) is 0 Å². The van der Waals surface area contributed by atoms with E-state index in [9.17, 15) is 4.79 Å². The lowest BCUT2D eigenvalue weighted by molar-refractivity contribution is 0.0944. The van der Waals surface area contributed by atoms with Gasteiger partial charge in [0.25, 0.3) is 5.91 Å². The van der Waals surface area contributed by atoms with Crippen LogP contribution in [-0.4, -0.2) is 25.5 Å². The maximum absolute atomic E-state index is 11.9. The quantitative estimate of drug-likeness (QED) is 0.926. The molecular formula is C11H14BrN5O. The first-order chi connectivity index (χ1) is 8.60. The number of nitrogens with zero attached hydrogens (tertiary/aromatic N) is 4. The first-order valence-corrected chi connectivity index (χ1v) is 6.38. The zero-order chi connectivity index (χ0) is 13.1. The predicted octanol–water partition coefficient (Wildman–Crippen LogP) is 1.33. The van der Waals surface area contributed by atoms with E-state index < -0.39 is 0 Å². The van der Waals surface area contributed by atoms with Crippen molar-refractivity contribution >= 4 is 21.8 Å². The van der Waals surface area contributed by atoms with E-state index in [0.717, 1.165) is 12.1 Å². The number of hydrogen-bond donors (Lipinski definition) is 1. The second kappa shape index (κ2) is 5.34. The fourth-order valence-corrected chi connectivity index (χ4v) is 2.11. The molecule has 0 bridgehead atoms. The van der Waals surface area contributed by atoms with E-state index in [1.54, 1.807) is 24.1 Å². The number of rotatable bonds is 4. The van der Waals surface area contributed by atoms with Crippen molar-refractivity contribution < 1.29 is 4.79 Å². The molecule has 0 atom stereocenters. The molecule has 0 aliphatic heterocycles. The average Bonchev–Trinajstić information content (AvgIpc) is 2.92. The minimum absolute atomic E-state index is 0.202. The van der Waals surface area contributed by atoms with Gasteiger partial charge in [-0.1, -0.05) is 0 Å². The number of carbonyl (C=O) groups is 1. The maximum atomic E-state index is 11.9. The van der Waals surface area contributed by atoms with Gasteiger partial charge in [-0.2, -0.15) is 10.2 Å². The zero-order valence-electron chi connectivity index (χ0n) is 10.2. The molecule has 6 nitrogen and oxygen atoms in total. The smallest absolute Gasteiger partial charge is 0.273 e. The highest BCUT2D eigenvalue weighted by atomic mass is 79.9. The number of carbonyl (C=O) groups excluding carboxylic acids is 1. The van der Waals surface area contributed by atoms with Crippen LogP contribution in [0.5, 0.6) is 0 Å². The van der Waals surface area contributed by atoms with Gasteiger partial charge in [0.1, 0.15) is 0 Å². The van der Waals surface area contributed by atoms with E-state index in [1.807, 2.05) is 17.8 Å². The van der Waals surface area contributed by atoms with Gasteiger partial charge in [0, 0.05) is 38.1 Å². The molecule has 2 aromatic heterocycles. The van der Waals surface area contributed by atoms with Crippen LogP contribution in [0.4, 0.5) is 0 Å². The average molecular weight is 312 g/mol. The van der Waals surface area contributed by atoms with Crippen LogP contribution in [0.2, 0.25) is 0 Å². The van der Waals surface area contributed by atoms with Crippen LogP contribution in [0.15, 0.2) is 23.1 Å². The van der Waals surface area contributed by atoms with E-state index in [0.29, 0.717) is 16.7 Å². The van der Waals surface area contributed by atoms with Crippen molar-refractivity contribution in [2.24, 2.45) is 7.05 Å². The van der Waals surface area contributed by atoms with Crippen LogP contribution in [0, 0.1) is 0 Å². The summed E-state index contributed by atoms with van der Waals surface area (Å²) in [6, 6.07) is 0. The van der Waals surface area contributed by atoms with Crippen LogP contribution in [0.1, 0.15) is 23.0 Å². The summed E-state index contributed by atoms with van der Waals surface area (Å²) >= 11 is 3.30. The van der Waals surface area contributed by atoms with Crippen molar-refractivity contribution in [2.75, 3.05) is 0 Å². The number of halogens is 1. The molecule has 2 heterocycles. The zero-order valence-corrected chi connectivity index (χ0v) is 11.8. The van der Waals surface area contributed by atoms with Crippen LogP contribution >= 0.6 is 15.9 Å². The Kier molecular flexibility index (Phi) is 3.81. The lowest BCUT2D eigenvalue weighted by Gasteiger charge is -2.01. The van der Waals surface area contributed by atoms with Crippen molar-refractivity contribution in [2.45, 2.75) is 20.0 Å². The highest BCUT2D eigenvalue weighted by Crippen LogP contribution is 2.13. The maximum Gasteiger partial charge on any atom is 0.273 e. The normalized spacial score (nSPS) is 10.6. The molecule has 0 saturated carbocycles. The summed E-state index contributed by atoms with van der Waals surface area (Å²) in [6.07, 6.45) is 5.40. The second-order valence-electron chi connectivity index (χ2n) is 3.89. The standard InChI is InChI=1S/C11H14BrN5O/c1-3-17-6-8(5-14-17)4-13-11(18)10-9(12)7-16(2)15-10/h5-7H,3-4H2,1-2H3,(H,13,18). The van der Waals surface area contributed by atoms with Gasteiger partial charge in [0.2, 0.25) is 0 Å². The van der Waals surface area contributed by atoms with E-state index in [-0.39, 0.29) is 5.91 Å². The Morgan fingerprint density at radius 1 is 1.50 bits per heavy atom. The minimum Gasteiger partial charge on any atom is -0.346 e. The van der Waals surface area contributed by atoms with Gasteiger partial charge in [0.15, 0.2) is 5.69 Å². The summed E-state index contributed by atoms with van der Waals surface area (Å²) in [7, 11) is 1.77. The van der Waals surface area contributed by atoms with Gasteiger partial charge in [-0.15, -0.1) is 0 Å². The summed E-state index contributed by atoms with van der Waals surface area (Å²) < 4.78 is 4.10. The van der Waals surface area contributed by atoms with Crippen LogP contribution < -0.4 is 5.32 Å². The molecule has 2 aromatic rings. The number of nitrogens with one attached hydrogen (secondary N) is 1. The molecule has 96 valence electrons. The summed E-state index contributed by atoms with van der Waals surface area (Å²) in [5.41, 5.74) is 1.36. The predicted molar refractivity (Wildman–Crippen MR) is 70.0 cm³/mol. The summed E-state index contributed by atoms with van der Waals surface area (Å²) in [4.78, 5) is 11.9. The Hall–Kier alpha value is -1.63. The van der Waals surface area contributed by atoms with Gasteiger partial charge in [-0.05, 0) is 22.9 Å². The largest absolute Gasteiger partial charge is 0.346 e. The third-order valence-corrected chi connectivity index (χ3v) is 3.04. The Balaban J connectivity index is 1.98. The van der Waals surface area contributed by atoms with Crippen molar-refractivity contribution in [1.29, 1.82) is 0 Å². The molecule has 1 amide bonds. The number of hydrogen-bond acceptors (Lipinski definition) is 3. The van der Waals surface area contributed by atoms with E-state index in [4.69, 9.17) is 0 Å². The third kappa shape index (κ3) is 2.79. The van der Waals surface area contributed by atoms with Gasteiger partial charge in [-0.25, -0.2) is 0 Å². The Bertz CT molecular complexity index is 560. The highest BCUT2D eigenvalue weighted by Gasteiger charge is 2.13. The minimum atomic E-state index is -0.202. The van der Waals surface area contributed by atoms with Crippen molar-refractivity contribution in [3.05, 3.63) is 34.3 Å². The second-order valence-corrected chi connectivity index (χ2v) is 4.74. The summed E-state index contributed by atoms with van der Waals surface area (Å²) in [5, 5.41) is 11.0. The summed E-state index contributed by atoms with van der Waals surface area (Å²) in [6.45, 7) is 3.28. The van der Waals surface area contributed by atoms with Crippen LogP contribution in [0.3, 0.4) is 0 Å². The number of amides is 1. The molecular weight excluding hydrogens is 298 g/mol.